The number of rotatable bonds is 5. The third kappa shape index (κ3) is 3.43. The van der Waals surface area contributed by atoms with Gasteiger partial charge in [0.25, 0.3) is 0 Å². The van der Waals surface area contributed by atoms with Gasteiger partial charge >= 0.3 is 5.97 Å². The largest absolute Gasteiger partial charge is 0.496 e. The molecule has 118 valence electrons. The number of methoxy groups -OCH3 is 1. The van der Waals surface area contributed by atoms with Gasteiger partial charge in [-0.15, -0.1) is 11.3 Å². The lowest BCUT2D eigenvalue weighted by Crippen LogP contribution is -2.06. The molecule has 0 spiro atoms. The van der Waals surface area contributed by atoms with Crippen LogP contribution in [-0.4, -0.2) is 18.2 Å². The molecule has 0 aliphatic heterocycles. The highest BCUT2D eigenvalue weighted by atomic mass is 32.1. The predicted octanol–water partition coefficient (Wildman–Crippen LogP) is 4.08. The van der Waals surface area contributed by atoms with Crippen molar-refractivity contribution >= 4 is 17.3 Å². The Bertz CT molecular complexity index is 808. The lowest BCUT2D eigenvalue weighted by atomic mass is 10.1. The second-order valence-electron chi connectivity index (χ2n) is 4.92. The van der Waals surface area contributed by atoms with E-state index in [1.165, 1.54) is 0 Å². The minimum absolute atomic E-state index is 0.0594. The summed E-state index contributed by atoms with van der Waals surface area (Å²) in [6.07, 6.45) is 0. The number of thiophene rings is 1. The van der Waals surface area contributed by atoms with E-state index in [0.717, 1.165) is 10.4 Å². The highest BCUT2D eigenvalue weighted by Gasteiger charge is 2.13. The number of aryl methyl sites for hydroxylation is 1. The van der Waals surface area contributed by atoms with Crippen LogP contribution >= 0.6 is 11.3 Å². The number of carbonyl (C=O) groups excluding carboxylic acids is 1. The molecule has 0 N–H and O–H groups in total. The lowest BCUT2D eigenvalue weighted by Gasteiger charge is -2.07. The quantitative estimate of drug-likeness (QED) is 0.660. The van der Waals surface area contributed by atoms with Crippen molar-refractivity contribution in [2.24, 2.45) is 0 Å². The molecule has 2 aromatic heterocycles. The number of aromatic nitrogens is 1. The first-order valence-corrected chi connectivity index (χ1v) is 7.86. The molecule has 0 fully saturated rings. The average Bonchev–Trinajstić information content (AvgIpc) is 3.24. The second-order valence-corrected chi connectivity index (χ2v) is 5.87. The topological polar surface area (TPSA) is 61.6 Å². The van der Waals surface area contributed by atoms with E-state index in [-0.39, 0.29) is 6.61 Å². The van der Waals surface area contributed by atoms with Gasteiger partial charge < -0.3 is 14.0 Å². The zero-order valence-corrected chi connectivity index (χ0v) is 13.6. The van der Waals surface area contributed by atoms with Gasteiger partial charge in [-0.1, -0.05) is 17.3 Å². The van der Waals surface area contributed by atoms with Crippen LogP contribution in [0.25, 0.3) is 10.6 Å². The summed E-state index contributed by atoms with van der Waals surface area (Å²) in [7, 11) is 1.57. The fraction of sp³-hybridized carbons (Fsp3) is 0.176. The normalized spacial score (nSPS) is 10.5. The van der Waals surface area contributed by atoms with Crippen molar-refractivity contribution < 1.29 is 18.8 Å². The minimum atomic E-state index is -0.427. The molecule has 0 amide bonds. The fourth-order valence-electron chi connectivity index (χ4n) is 2.08. The van der Waals surface area contributed by atoms with Crippen LogP contribution in [0.15, 0.2) is 46.3 Å². The molecule has 0 aliphatic rings. The van der Waals surface area contributed by atoms with Crippen molar-refractivity contribution in [3.05, 3.63) is 58.6 Å². The van der Waals surface area contributed by atoms with Crippen LogP contribution in [0, 0.1) is 6.92 Å². The van der Waals surface area contributed by atoms with Crippen LogP contribution < -0.4 is 4.74 Å². The average molecular weight is 329 g/mol. The van der Waals surface area contributed by atoms with Crippen LogP contribution in [0.3, 0.4) is 0 Å². The van der Waals surface area contributed by atoms with Crippen molar-refractivity contribution in [1.82, 2.24) is 5.16 Å². The van der Waals surface area contributed by atoms with Gasteiger partial charge in [-0.2, -0.15) is 0 Å². The summed E-state index contributed by atoms with van der Waals surface area (Å²) in [5, 5.41) is 5.88. The standard InChI is InChI=1S/C17H15NO4S/c1-11-5-6-12(8-14(11)20-2)17(19)21-10-13-9-15(22-18-13)16-4-3-7-23-16/h3-9H,10H2,1-2H3. The minimum Gasteiger partial charge on any atom is -0.496 e. The Morgan fingerprint density at radius 1 is 1.30 bits per heavy atom. The Morgan fingerprint density at radius 2 is 2.17 bits per heavy atom. The molecule has 2 heterocycles. The molecule has 0 bridgehead atoms. The maximum absolute atomic E-state index is 12.1. The van der Waals surface area contributed by atoms with E-state index in [1.807, 2.05) is 30.5 Å². The summed E-state index contributed by atoms with van der Waals surface area (Å²) in [6.45, 7) is 1.97. The van der Waals surface area contributed by atoms with Crippen molar-refractivity contribution in [1.29, 1.82) is 0 Å². The molecule has 3 rings (SSSR count). The number of hydrogen-bond donors (Lipinski definition) is 0. The molecular formula is C17H15NO4S. The molecule has 0 atom stereocenters. The van der Waals surface area contributed by atoms with E-state index < -0.39 is 5.97 Å². The molecule has 0 radical (unpaired) electrons. The van der Waals surface area contributed by atoms with Gasteiger partial charge in [-0.05, 0) is 36.1 Å². The Hall–Kier alpha value is -2.60. The summed E-state index contributed by atoms with van der Waals surface area (Å²) in [4.78, 5) is 13.1. The molecule has 5 nitrogen and oxygen atoms in total. The number of ether oxygens (including phenoxy) is 2. The van der Waals surface area contributed by atoms with E-state index in [2.05, 4.69) is 5.16 Å². The molecule has 0 saturated carbocycles. The summed E-state index contributed by atoms with van der Waals surface area (Å²) in [6, 6.07) is 10.8. The first-order chi connectivity index (χ1) is 11.2. The summed E-state index contributed by atoms with van der Waals surface area (Å²) < 4.78 is 15.7. The van der Waals surface area contributed by atoms with Crippen LogP contribution in [0.4, 0.5) is 0 Å². The van der Waals surface area contributed by atoms with E-state index in [4.69, 9.17) is 14.0 Å². The van der Waals surface area contributed by atoms with Crippen molar-refractivity contribution in [3.8, 4) is 16.4 Å². The molecule has 3 aromatic rings. The lowest BCUT2D eigenvalue weighted by molar-refractivity contribution is 0.0464. The second kappa shape index (κ2) is 6.66. The first-order valence-electron chi connectivity index (χ1n) is 6.98. The van der Waals surface area contributed by atoms with Gasteiger partial charge in [0.15, 0.2) is 5.76 Å². The number of benzene rings is 1. The van der Waals surface area contributed by atoms with E-state index >= 15 is 0 Å². The highest BCUT2D eigenvalue weighted by molar-refractivity contribution is 7.13. The Kier molecular flexibility index (Phi) is 4.43. The smallest absolute Gasteiger partial charge is 0.338 e. The van der Waals surface area contributed by atoms with E-state index in [1.54, 1.807) is 36.6 Å². The third-order valence-corrected chi connectivity index (χ3v) is 4.20. The van der Waals surface area contributed by atoms with Crippen LogP contribution in [0.5, 0.6) is 5.75 Å². The number of esters is 1. The highest BCUT2D eigenvalue weighted by Crippen LogP contribution is 2.25. The van der Waals surface area contributed by atoms with Gasteiger partial charge in [0.2, 0.25) is 0 Å². The molecule has 0 saturated heterocycles. The van der Waals surface area contributed by atoms with Gasteiger partial charge in [-0.3, -0.25) is 0 Å². The number of hydrogen-bond acceptors (Lipinski definition) is 6. The Balaban J connectivity index is 1.65. The summed E-state index contributed by atoms with van der Waals surface area (Å²) in [5.74, 6) is 0.896. The number of nitrogens with zero attached hydrogens (tertiary/aromatic N) is 1. The predicted molar refractivity (Wildman–Crippen MR) is 86.7 cm³/mol. The first kappa shape index (κ1) is 15.3. The third-order valence-electron chi connectivity index (χ3n) is 3.32. The zero-order chi connectivity index (χ0) is 16.2. The van der Waals surface area contributed by atoms with Crippen LogP contribution in [0.1, 0.15) is 21.6 Å². The van der Waals surface area contributed by atoms with Gasteiger partial charge in [0, 0.05) is 6.07 Å². The Labute approximate surface area is 137 Å². The van der Waals surface area contributed by atoms with Crippen LogP contribution in [0.2, 0.25) is 0 Å². The molecule has 1 aromatic carbocycles. The van der Waals surface area contributed by atoms with Crippen LogP contribution in [-0.2, 0) is 11.3 Å². The molecular weight excluding hydrogens is 314 g/mol. The summed E-state index contributed by atoms with van der Waals surface area (Å²) >= 11 is 1.56. The van der Waals surface area contributed by atoms with Crippen molar-refractivity contribution in [2.45, 2.75) is 13.5 Å². The van der Waals surface area contributed by atoms with Crippen molar-refractivity contribution in [3.63, 3.8) is 0 Å². The summed E-state index contributed by atoms with van der Waals surface area (Å²) in [5.41, 5.74) is 1.97. The monoisotopic (exact) mass is 329 g/mol. The SMILES string of the molecule is COc1cc(C(=O)OCc2cc(-c3cccs3)on2)ccc1C. The van der Waals surface area contributed by atoms with E-state index in [9.17, 15) is 4.79 Å². The van der Waals surface area contributed by atoms with Gasteiger partial charge in [0.05, 0.1) is 17.6 Å². The van der Waals surface area contributed by atoms with Crippen molar-refractivity contribution in [2.75, 3.05) is 7.11 Å². The maximum Gasteiger partial charge on any atom is 0.338 e. The molecule has 6 heteroatoms. The van der Waals surface area contributed by atoms with E-state index in [0.29, 0.717) is 22.8 Å². The Morgan fingerprint density at radius 3 is 2.91 bits per heavy atom. The maximum atomic E-state index is 12.1. The van der Waals surface area contributed by atoms with Gasteiger partial charge in [0.1, 0.15) is 18.1 Å². The van der Waals surface area contributed by atoms with Gasteiger partial charge in [-0.25, -0.2) is 4.79 Å². The molecule has 23 heavy (non-hydrogen) atoms. The molecule has 0 aliphatic carbocycles. The zero-order valence-electron chi connectivity index (χ0n) is 12.7. The number of carbonyl (C=O) groups is 1. The molecule has 0 unspecified atom stereocenters. The fourth-order valence-corrected chi connectivity index (χ4v) is 2.76.